The zero-order chi connectivity index (χ0) is 12.0. The average molecular weight is 290 g/mol. The quantitative estimate of drug-likeness (QED) is 0.834. The molecule has 0 spiro atoms. The standard InChI is InChI=1S/C12H20BrNO2/c1-4-6-10(15-3)11(14-5-2)12-9(13)7-8-16-12/h7-8,10-11,14H,4-6H2,1-3H3. The second-order valence-corrected chi connectivity index (χ2v) is 4.59. The van der Waals surface area contributed by atoms with Gasteiger partial charge in [-0.1, -0.05) is 20.3 Å². The predicted molar refractivity (Wildman–Crippen MR) is 68.5 cm³/mol. The molecule has 0 aliphatic heterocycles. The Morgan fingerprint density at radius 3 is 2.69 bits per heavy atom. The minimum absolute atomic E-state index is 0.110. The third-order valence-corrected chi connectivity index (χ3v) is 3.25. The summed E-state index contributed by atoms with van der Waals surface area (Å²) in [5.41, 5.74) is 0. The molecule has 0 saturated carbocycles. The van der Waals surface area contributed by atoms with E-state index in [1.807, 2.05) is 6.07 Å². The molecular formula is C12H20BrNO2. The molecule has 0 amide bonds. The second kappa shape index (κ2) is 7.09. The van der Waals surface area contributed by atoms with Crippen LogP contribution in [0.25, 0.3) is 0 Å². The fourth-order valence-corrected chi connectivity index (χ4v) is 2.29. The first-order valence-electron chi connectivity index (χ1n) is 5.73. The van der Waals surface area contributed by atoms with E-state index in [2.05, 4.69) is 35.1 Å². The molecule has 1 N–H and O–H groups in total. The summed E-state index contributed by atoms with van der Waals surface area (Å²) in [6.45, 7) is 5.14. The molecule has 92 valence electrons. The summed E-state index contributed by atoms with van der Waals surface area (Å²) in [6.07, 6.45) is 3.95. The van der Waals surface area contributed by atoms with Gasteiger partial charge in [0.15, 0.2) is 0 Å². The predicted octanol–water partition coefficient (Wildman–Crippen LogP) is 3.51. The third-order valence-electron chi connectivity index (χ3n) is 2.60. The van der Waals surface area contributed by atoms with Gasteiger partial charge < -0.3 is 14.5 Å². The number of furan rings is 1. The third kappa shape index (κ3) is 3.34. The lowest BCUT2D eigenvalue weighted by Gasteiger charge is -2.25. The lowest BCUT2D eigenvalue weighted by atomic mass is 10.0. The van der Waals surface area contributed by atoms with Gasteiger partial charge >= 0.3 is 0 Å². The Hall–Kier alpha value is -0.320. The molecule has 0 fully saturated rings. The lowest BCUT2D eigenvalue weighted by Crippen LogP contribution is -2.33. The minimum Gasteiger partial charge on any atom is -0.466 e. The Morgan fingerprint density at radius 1 is 1.50 bits per heavy atom. The maximum atomic E-state index is 5.54. The summed E-state index contributed by atoms with van der Waals surface area (Å²) in [5, 5.41) is 3.41. The maximum absolute atomic E-state index is 5.54. The Labute approximate surface area is 106 Å². The van der Waals surface area contributed by atoms with Gasteiger partial charge in [-0.05, 0) is 35.0 Å². The van der Waals surface area contributed by atoms with Crippen molar-refractivity contribution in [3.8, 4) is 0 Å². The first kappa shape index (κ1) is 13.7. The van der Waals surface area contributed by atoms with Crippen molar-refractivity contribution in [3.63, 3.8) is 0 Å². The number of likely N-dealkylation sites (N-methyl/N-ethyl adjacent to an activating group) is 1. The Kier molecular flexibility index (Phi) is 6.09. The molecule has 1 aromatic rings. The van der Waals surface area contributed by atoms with E-state index in [1.54, 1.807) is 13.4 Å². The fraction of sp³-hybridized carbons (Fsp3) is 0.667. The molecule has 0 aliphatic carbocycles. The highest BCUT2D eigenvalue weighted by Crippen LogP contribution is 2.29. The van der Waals surface area contributed by atoms with Crippen LogP contribution < -0.4 is 5.32 Å². The maximum Gasteiger partial charge on any atom is 0.137 e. The Morgan fingerprint density at radius 2 is 2.25 bits per heavy atom. The van der Waals surface area contributed by atoms with Crippen molar-refractivity contribution < 1.29 is 9.15 Å². The van der Waals surface area contributed by atoms with Gasteiger partial charge in [0.2, 0.25) is 0 Å². The van der Waals surface area contributed by atoms with Crippen LogP contribution in [0.4, 0.5) is 0 Å². The highest BCUT2D eigenvalue weighted by Gasteiger charge is 2.26. The topological polar surface area (TPSA) is 34.4 Å². The second-order valence-electron chi connectivity index (χ2n) is 3.73. The number of hydrogen-bond donors (Lipinski definition) is 1. The molecule has 16 heavy (non-hydrogen) atoms. The largest absolute Gasteiger partial charge is 0.466 e. The van der Waals surface area contributed by atoms with E-state index >= 15 is 0 Å². The molecule has 0 aliphatic rings. The van der Waals surface area contributed by atoms with Gasteiger partial charge in [0.1, 0.15) is 5.76 Å². The van der Waals surface area contributed by atoms with Crippen LogP contribution in [-0.2, 0) is 4.74 Å². The van der Waals surface area contributed by atoms with Crippen LogP contribution in [0.5, 0.6) is 0 Å². The molecule has 0 radical (unpaired) electrons. The van der Waals surface area contributed by atoms with Crippen LogP contribution in [0.3, 0.4) is 0 Å². The van der Waals surface area contributed by atoms with Crippen LogP contribution in [-0.4, -0.2) is 19.8 Å². The zero-order valence-corrected chi connectivity index (χ0v) is 11.7. The van der Waals surface area contributed by atoms with Crippen LogP contribution in [0, 0.1) is 0 Å². The summed E-state index contributed by atoms with van der Waals surface area (Å²) in [5.74, 6) is 0.919. The Bertz CT molecular complexity index is 301. The van der Waals surface area contributed by atoms with Crippen molar-refractivity contribution in [1.82, 2.24) is 5.32 Å². The number of nitrogens with one attached hydrogen (secondary N) is 1. The summed E-state index contributed by atoms with van der Waals surface area (Å²) in [6, 6.07) is 2.03. The van der Waals surface area contributed by atoms with Gasteiger partial charge in [-0.15, -0.1) is 0 Å². The minimum atomic E-state index is 0.110. The SMILES string of the molecule is CCCC(OC)C(NCC)c1occc1Br. The Balaban J connectivity index is 2.84. The van der Waals surface area contributed by atoms with E-state index < -0.39 is 0 Å². The van der Waals surface area contributed by atoms with Gasteiger partial charge in [0.05, 0.1) is 22.9 Å². The summed E-state index contributed by atoms with van der Waals surface area (Å²) in [7, 11) is 1.75. The summed E-state index contributed by atoms with van der Waals surface area (Å²) >= 11 is 3.50. The highest BCUT2D eigenvalue weighted by atomic mass is 79.9. The molecule has 0 saturated heterocycles. The van der Waals surface area contributed by atoms with Crippen molar-refractivity contribution in [2.24, 2.45) is 0 Å². The van der Waals surface area contributed by atoms with Gasteiger partial charge in [-0.3, -0.25) is 0 Å². The number of hydrogen-bond acceptors (Lipinski definition) is 3. The molecule has 1 rings (SSSR count). The number of rotatable bonds is 7. The highest BCUT2D eigenvalue weighted by molar-refractivity contribution is 9.10. The molecule has 1 heterocycles. The van der Waals surface area contributed by atoms with Crippen molar-refractivity contribution in [3.05, 3.63) is 22.6 Å². The van der Waals surface area contributed by atoms with Crippen LogP contribution in [0.1, 0.15) is 38.5 Å². The number of halogens is 1. The lowest BCUT2D eigenvalue weighted by molar-refractivity contribution is 0.0539. The van der Waals surface area contributed by atoms with Crippen LogP contribution in [0.2, 0.25) is 0 Å². The van der Waals surface area contributed by atoms with Crippen LogP contribution >= 0.6 is 15.9 Å². The molecule has 3 nitrogen and oxygen atoms in total. The molecule has 0 bridgehead atoms. The fourth-order valence-electron chi connectivity index (χ4n) is 1.85. The van der Waals surface area contributed by atoms with Gasteiger partial charge in [0, 0.05) is 7.11 Å². The smallest absolute Gasteiger partial charge is 0.137 e. The zero-order valence-electron chi connectivity index (χ0n) is 10.1. The molecule has 4 heteroatoms. The van der Waals surface area contributed by atoms with E-state index in [-0.39, 0.29) is 12.1 Å². The monoisotopic (exact) mass is 289 g/mol. The van der Waals surface area contributed by atoms with E-state index in [9.17, 15) is 0 Å². The average Bonchev–Trinajstić information content (AvgIpc) is 2.69. The summed E-state index contributed by atoms with van der Waals surface area (Å²) in [4.78, 5) is 0. The molecule has 1 aromatic heterocycles. The number of methoxy groups -OCH3 is 1. The first-order chi connectivity index (χ1) is 7.74. The van der Waals surface area contributed by atoms with E-state index in [0.717, 1.165) is 29.6 Å². The van der Waals surface area contributed by atoms with Crippen molar-refractivity contribution in [2.75, 3.05) is 13.7 Å². The van der Waals surface area contributed by atoms with Gasteiger partial charge in [-0.2, -0.15) is 0 Å². The van der Waals surface area contributed by atoms with Gasteiger partial charge in [0.25, 0.3) is 0 Å². The van der Waals surface area contributed by atoms with Gasteiger partial charge in [-0.25, -0.2) is 0 Å². The number of ether oxygens (including phenoxy) is 1. The first-order valence-corrected chi connectivity index (χ1v) is 6.52. The molecule has 0 aromatic carbocycles. The van der Waals surface area contributed by atoms with E-state index in [0.29, 0.717) is 0 Å². The molecular weight excluding hydrogens is 270 g/mol. The van der Waals surface area contributed by atoms with Crippen molar-refractivity contribution in [1.29, 1.82) is 0 Å². The van der Waals surface area contributed by atoms with Crippen LogP contribution in [0.15, 0.2) is 21.2 Å². The summed E-state index contributed by atoms with van der Waals surface area (Å²) < 4.78 is 12.1. The van der Waals surface area contributed by atoms with Crippen molar-refractivity contribution >= 4 is 15.9 Å². The van der Waals surface area contributed by atoms with E-state index in [4.69, 9.17) is 9.15 Å². The normalized spacial score (nSPS) is 15.0. The van der Waals surface area contributed by atoms with Crippen molar-refractivity contribution in [2.45, 2.75) is 38.8 Å². The molecule has 2 unspecified atom stereocenters. The molecule has 2 atom stereocenters. The van der Waals surface area contributed by atoms with E-state index in [1.165, 1.54) is 0 Å².